The quantitative estimate of drug-likeness (QED) is 0.301. The third-order valence-electron chi connectivity index (χ3n) is 5.96. The van der Waals surface area contributed by atoms with Crippen LogP contribution in [0.1, 0.15) is 30.2 Å². The Morgan fingerprint density at radius 3 is 2.21 bits per heavy atom. The molecule has 13 nitrogen and oxygen atoms in total. The standard InChI is InChI=1S/C23H26ClN7O6S/c1-12-13(2)37-29-18(12)22-27-28-23(31(22)19-16(34-4)8-7-9-17(19)35-5)30-38(32,33)14(3)20(36-6)21-25-10-15(24)11-26-21/h7-11,14,20H,1-6H3,(H,28,30)/t14-,20-/m0/s1. The summed E-state index contributed by atoms with van der Waals surface area (Å²) in [6, 6.07) is 5.13. The molecule has 0 fully saturated rings. The Morgan fingerprint density at radius 2 is 1.68 bits per heavy atom. The Morgan fingerprint density at radius 1 is 1.05 bits per heavy atom. The zero-order chi connectivity index (χ0) is 27.6. The molecule has 0 amide bonds. The van der Waals surface area contributed by atoms with Gasteiger partial charge in [0.2, 0.25) is 16.0 Å². The van der Waals surface area contributed by atoms with Crippen molar-refractivity contribution >= 4 is 27.6 Å². The fraction of sp³-hybridized carbons (Fsp3) is 0.348. The van der Waals surface area contributed by atoms with Gasteiger partial charge in [0.1, 0.15) is 34.3 Å². The van der Waals surface area contributed by atoms with Gasteiger partial charge >= 0.3 is 0 Å². The first-order valence-electron chi connectivity index (χ1n) is 11.2. The predicted octanol–water partition coefficient (Wildman–Crippen LogP) is 3.52. The van der Waals surface area contributed by atoms with E-state index in [0.29, 0.717) is 39.2 Å². The summed E-state index contributed by atoms with van der Waals surface area (Å²) in [5.74, 6) is 1.54. The summed E-state index contributed by atoms with van der Waals surface area (Å²) in [4.78, 5) is 8.22. The van der Waals surface area contributed by atoms with Crippen molar-refractivity contribution in [3.8, 4) is 28.7 Å². The molecule has 4 rings (SSSR count). The summed E-state index contributed by atoms with van der Waals surface area (Å²) in [6.07, 6.45) is 1.71. The molecule has 15 heteroatoms. The van der Waals surface area contributed by atoms with Crippen LogP contribution in [-0.2, 0) is 14.8 Å². The molecule has 2 atom stereocenters. The van der Waals surface area contributed by atoms with Gasteiger partial charge in [0.15, 0.2) is 17.3 Å². The number of sulfonamides is 1. The zero-order valence-corrected chi connectivity index (χ0v) is 23.0. The van der Waals surface area contributed by atoms with E-state index in [9.17, 15) is 8.42 Å². The molecule has 0 spiro atoms. The van der Waals surface area contributed by atoms with Crippen LogP contribution in [0.5, 0.6) is 11.5 Å². The molecule has 0 aliphatic heterocycles. The fourth-order valence-corrected chi connectivity index (χ4v) is 4.98. The predicted molar refractivity (Wildman–Crippen MR) is 138 cm³/mol. The van der Waals surface area contributed by atoms with E-state index in [4.69, 9.17) is 30.3 Å². The number of nitrogens with one attached hydrogen (secondary N) is 1. The molecule has 0 radical (unpaired) electrons. The van der Waals surface area contributed by atoms with Gasteiger partial charge in [-0.15, -0.1) is 10.2 Å². The topological polar surface area (TPSA) is 156 Å². The SMILES string of the molecule is COc1cccc(OC)c1-n1c(NS(=O)(=O)[C@@H](C)[C@H](OC)c2ncc(Cl)cn2)nnc1-c1noc(C)c1C. The molecule has 0 aliphatic carbocycles. The minimum Gasteiger partial charge on any atom is -0.494 e. The molecule has 4 aromatic rings. The van der Waals surface area contributed by atoms with Crippen molar-refractivity contribution in [2.24, 2.45) is 0 Å². The summed E-state index contributed by atoms with van der Waals surface area (Å²) in [5.41, 5.74) is 1.42. The molecule has 3 aromatic heterocycles. The van der Waals surface area contributed by atoms with Gasteiger partial charge in [-0.25, -0.2) is 18.4 Å². The van der Waals surface area contributed by atoms with Gasteiger partial charge < -0.3 is 18.7 Å². The first kappa shape index (κ1) is 27.3. The van der Waals surface area contributed by atoms with Crippen LogP contribution in [-0.4, -0.2) is 64.9 Å². The van der Waals surface area contributed by atoms with Crippen molar-refractivity contribution in [3.05, 3.63) is 52.8 Å². The molecule has 3 heterocycles. The van der Waals surface area contributed by atoms with E-state index in [-0.39, 0.29) is 17.6 Å². The van der Waals surface area contributed by atoms with Gasteiger partial charge in [-0.1, -0.05) is 22.8 Å². The highest BCUT2D eigenvalue weighted by atomic mass is 35.5. The van der Waals surface area contributed by atoms with Crippen LogP contribution >= 0.6 is 11.6 Å². The molecular weight excluding hydrogens is 538 g/mol. The van der Waals surface area contributed by atoms with Crippen LogP contribution in [0.4, 0.5) is 5.95 Å². The van der Waals surface area contributed by atoms with Crippen LogP contribution in [0.2, 0.25) is 5.02 Å². The minimum atomic E-state index is -4.16. The summed E-state index contributed by atoms with van der Waals surface area (Å²) in [5, 5.41) is 11.7. The number of ether oxygens (including phenoxy) is 3. The van der Waals surface area contributed by atoms with E-state index in [0.717, 1.165) is 0 Å². The van der Waals surface area contributed by atoms with E-state index in [1.807, 2.05) is 0 Å². The number of benzene rings is 1. The number of para-hydroxylation sites is 1. The number of hydrogen-bond donors (Lipinski definition) is 1. The van der Waals surface area contributed by atoms with Crippen LogP contribution < -0.4 is 14.2 Å². The number of anilines is 1. The molecule has 38 heavy (non-hydrogen) atoms. The summed E-state index contributed by atoms with van der Waals surface area (Å²) < 4.78 is 53.1. The highest BCUT2D eigenvalue weighted by Gasteiger charge is 2.35. The largest absolute Gasteiger partial charge is 0.494 e. The molecule has 0 saturated carbocycles. The van der Waals surface area contributed by atoms with Gasteiger partial charge in [-0.05, 0) is 32.9 Å². The fourth-order valence-electron chi connectivity index (χ4n) is 3.75. The smallest absolute Gasteiger partial charge is 0.243 e. The van der Waals surface area contributed by atoms with Crippen molar-refractivity contribution < 1.29 is 27.2 Å². The first-order chi connectivity index (χ1) is 18.1. The maximum atomic E-state index is 13.6. The zero-order valence-electron chi connectivity index (χ0n) is 21.5. The van der Waals surface area contributed by atoms with Crippen molar-refractivity contribution in [1.29, 1.82) is 0 Å². The number of hydrogen-bond acceptors (Lipinski definition) is 11. The van der Waals surface area contributed by atoms with Gasteiger partial charge in [0, 0.05) is 25.1 Å². The second-order valence-electron chi connectivity index (χ2n) is 8.17. The Labute approximate surface area is 224 Å². The molecular formula is C23H26ClN7O6S. The van der Waals surface area contributed by atoms with E-state index < -0.39 is 21.4 Å². The molecule has 0 unspecified atom stereocenters. The monoisotopic (exact) mass is 563 g/mol. The van der Waals surface area contributed by atoms with Gasteiger partial charge in [-0.2, -0.15) is 0 Å². The van der Waals surface area contributed by atoms with Crippen molar-refractivity contribution in [1.82, 2.24) is 29.9 Å². The minimum absolute atomic E-state index is 0.137. The van der Waals surface area contributed by atoms with Crippen LogP contribution in [0.3, 0.4) is 0 Å². The van der Waals surface area contributed by atoms with Crippen LogP contribution in [0, 0.1) is 13.8 Å². The number of aromatic nitrogens is 6. The Kier molecular flexibility index (Phi) is 7.85. The maximum Gasteiger partial charge on any atom is 0.243 e. The van der Waals surface area contributed by atoms with E-state index >= 15 is 0 Å². The van der Waals surface area contributed by atoms with Crippen molar-refractivity contribution in [3.63, 3.8) is 0 Å². The molecule has 0 bridgehead atoms. The molecule has 0 saturated heterocycles. The third-order valence-corrected chi connectivity index (χ3v) is 7.84. The molecule has 0 aliphatic rings. The summed E-state index contributed by atoms with van der Waals surface area (Å²) in [6.45, 7) is 5.02. The van der Waals surface area contributed by atoms with Crippen molar-refractivity contribution in [2.75, 3.05) is 26.1 Å². The number of nitrogens with zero attached hydrogens (tertiary/aromatic N) is 6. The second-order valence-corrected chi connectivity index (χ2v) is 10.6. The lowest BCUT2D eigenvalue weighted by molar-refractivity contribution is 0.0950. The average Bonchev–Trinajstić information content (AvgIpc) is 3.46. The maximum absolute atomic E-state index is 13.6. The number of halogens is 1. The van der Waals surface area contributed by atoms with Gasteiger partial charge in [0.05, 0.1) is 19.2 Å². The lowest BCUT2D eigenvalue weighted by Crippen LogP contribution is -2.33. The van der Waals surface area contributed by atoms with Gasteiger partial charge in [0.25, 0.3) is 0 Å². The number of aryl methyl sites for hydroxylation is 1. The average molecular weight is 564 g/mol. The van der Waals surface area contributed by atoms with E-state index in [1.54, 1.807) is 32.0 Å². The molecule has 1 aromatic carbocycles. The van der Waals surface area contributed by atoms with Crippen LogP contribution in [0.25, 0.3) is 17.2 Å². The van der Waals surface area contributed by atoms with Crippen molar-refractivity contribution in [2.45, 2.75) is 32.1 Å². The number of rotatable bonds is 10. The molecule has 202 valence electrons. The highest BCUT2D eigenvalue weighted by Crippen LogP contribution is 2.38. The Bertz CT molecular complexity index is 1520. The lowest BCUT2D eigenvalue weighted by atomic mass is 10.2. The first-order valence-corrected chi connectivity index (χ1v) is 13.2. The van der Waals surface area contributed by atoms with Gasteiger partial charge in [-0.3, -0.25) is 9.29 Å². The summed E-state index contributed by atoms with van der Waals surface area (Å²) in [7, 11) is 0.165. The van der Waals surface area contributed by atoms with Crippen LogP contribution in [0.15, 0.2) is 35.1 Å². The van der Waals surface area contributed by atoms with E-state index in [2.05, 4.69) is 30.0 Å². The number of methoxy groups -OCH3 is 3. The highest BCUT2D eigenvalue weighted by molar-refractivity contribution is 7.93. The van der Waals surface area contributed by atoms with E-state index in [1.165, 1.54) is 45.2 Å². The Hall–Kier alpha value is -3.75. The molecule has 1 N–H and O–H groups in total. The third kappa shape index (κ3) is 5.01. The summed E-state index contributed by atoms with van der Waals surface area (Å²) >= 11 is 5.88. The normalized spacial score (nSPS) is 13.2. The lowest BCUT2D eigenvalue weighted by Gasteiger charge is -2.22. The second kappa shape index (κ2) is 10.9. The Balaban J connectivity index is 1.85.